The van der Waals surface area contributed by atoms with Crippen molar-refractivity contribution in [1.29, 1.82) is 0 Å². The van der Waals surface area contributed by atoms with E-state index in [0.717, 1.165) is 24.1 Å². The summed E-state index contributed by atoms with van der Waals surface area (Å²) < 4.78 is 6.64. The third kappa shape index (κ3) is 6.89. The molecule has 6 nitrogen and oxygen atoms in total. The van der Waals surface area contributed by atoms with Crippen molar-refractivity contribution in [1.82, 2.24) is 10.3 Å². The number of rotatable bonds is 9. The second-order valence-electron chi connectivity index (χ2n) is 8.66. The molecule has 1 aromatic heterocycles. The van der Waals surface area contributed by atoms with Gasteiger partial charge in [-0.15, -0.1) is 0 Å². The molecule has 8 heteroatoms. The normalized spacial score (nSPS) is 13.3. The van der Waals surface area contributed by atoms with E-state index >= 15 is 0 Å². The van der Waals surface area contributed by atoms with E-state index < -0.39 is 8.32 Å². The first kappa shape index (κ1) is 23.5. The third-order valence-corrected chi connectivity index (χ3v) is 10.1. The van der Waals surface area contributed by atoms with Crippen LogP contribution in [-0.2, 0) is 10.8 Å². The molecule has 0 unspecified atom stereocenters. The highest BCUT2D eigenvalue weighted by Crippen LogP contribution is 2.39. The van der Waals surface area contributed by atoms with E-state index in [1.807, 2.05) is 6.07 Å². The lowest BCUT2D eigenvalue weighted by molar-refractivity contribution is -0.384. The van der Waals surface area contributed by atoms with Crippen molar-refractivity contribution in [3.8, 4) is 0 Å². The minimum atomic E-state index is -1.97. The number of non-ortho nitro benzene ring substituents is 1. The fraction of sp³-hybridized carbons (Fsp3) is 0.476. The van der Waals surface area contributed by atoms with Gasteiger partial charge in [0.15, 0.2) is 8.32 Å². The Labute approximate surface area is 178 Å². The third-order valence-electron chi connectivity index (χ3n) is 5.43. The molecule has 1 heterocycles. The van der Waals surface area contributed by atoms with Crippen molar-refractivity contribution in [3.05, 3.63) is 69.0 Å². The van der Waals surface area contributed by atoms with E-state index in [4.69, 9.17) is 16.0 Å². The van der Waals surface area contributed by atoms with Crippen molar-refractivity contribution < 1.29 is 9.35 Å². The Morgan fingerprint density at radius 1 is 1.21 bits per heavy atom. The zero-order chi connectivity index (χ0) is 21.7. The number of aromatic nitrogens is 1. The topological polar surface area (TPSA) is 77.3 Å². The van der Waals surface area contributed by atoms with E-state index in [0.29, 0.717) is 11.7 Å². The maximum absolute atomic E-state index is 10.8. The highest BCUT2D eigenvalue weighted by atomic mass is 35.5. The van der Waals surface area contributed by atoms with Gasteiger partial charge in [-0.2, -0.15) is 0 Å². The van der Waals surface area contributed by atoms with Crippen molar-refractivity contribution in [2.24, 2.45) is 0 Å². The van der Waals surface area contributed by atoms with Crippen LogP contribution in [0.15, 0.2) is 42.6 Å². The van der Waals surface area contributed by atoms with Gasteiger partial charge in [-0.3, -0.25) is 10.1 Å². The van der Waals surface area contributed by atoms with Crippen LogP contribution in [0.5, 0.6) is 0 Å². The van der Waals surface area contributed by atoms with Gasteiger partial charge in [0.25, 0.3) is 5.69 Å². The van der Waals surface area contributed by atoms with Crippen molar-refractivity contribution in [2.75, 3.05) is 13.1 Å². The SMILES string of the molecule is CC(C)(C)[Si](C)(C)O[C@@H](CNCCc1ccc([N+](=O)[O-])cc1)c1ccc(Cl)nc1. The molecule has 158 valence electrons. The summed E-state index contributed by atoms with van der Waals surface area (Å²) in [6, 6.07) is 10.4. The Hall–Kier alpha value is -1.80. The number of nitrogens with one attached hydrogen (secondary N) is 1. The van der Waals surface area contributed by atoms with E-state index in [9.17, 15) is 10.1 Å². The largest absolute Gasteiger partial charge is 0.409 e. The molecule has 1 N–H and O–H groups in total. The summed E-state index contributed by atoms with van der Waals surface area (Å²) in [6.07, 6.45) is 2.44. The molecule has 0 amide bonds. The Kier molecular flexibility index (Phi) is 7.93. The average molecular weight is 436 g/mol. The smallest absolute Gasteiger partial charge is 0.269 e. The number of halogens is 1. The van der Waals surface area contributed by atoms with Crippen LogP contribution in [-0.4, -0.2) is 31.3 Å². The lowest BCUT2D eigenvalue weighted by Crippen LogP contribution is -2.43. The van der Waals surface area contributed by atoms with Crippen LogP contribution in [0.2, 0.25) is 23.3 Å². The standard InChI is InChI=1S/C21H30ClN3O3Si/c1-21(2,3)29(4,5)28-19(17-8-11-20(22)24-14-17)15-23-13-12-16-6-9-18(10-7-16)25(26)27/h6-11,14,19,23H,12-13,15H2,1-5H3/t19-/m0/s1. The van der Waals surface area contributed by atoms with Crippen LogP contribution in [0.25, 0.3) is 0 Å². The first-order valence-corrected chi connectivity index (χ1v) is 13.0. The number of hydrogen-bond acceptors (Lipinski definition) is 5. The minimum absolute atomic E-state index is 0.101. The second-order valence-corrected chi connectivity index (χ2v) is 13.8. The van der Waals surface area contributed by atoms with Crippen LogP contribution >= 0.6 is 11.6 Å². The van der Waals surface area contributed by atoms with Crippen LogP contribution in [0.1, 0.15) is 38.0 Å². The molecule has 0 aliphatic rings. The summed E-state index contributed by atoms with van der Waals surface area (Å²) in [6.45, 7) is 12.5. The second kappa shape index (κ2) is 9.80. The molecule has 0 bridgehead atoms. The number of pyridine rings is 1. The summed E-state index contributed by atoms with van der Waals surface area (Å²) in [5, 5.41) is 14.8. The Bertz CT molecular complexity index is 805. The predicted molar refractivity (Wildman–Crippen MR) is 120 cm³/mol. The lowest BCUT2D eigenvalue weighted by Gasteiger charge is -2.39. The van der Waals surface area contributed by atoms with Gasteiger partial charge < -0.3 is 9.74 Å². The van der Waals surface area contributed by atoms with Gasteiger partial charge in [0.05, 0.1) is 11.0 Å². The van der Waals surface area contributed by atoms with Gasteiger partial charge in [-0.1, -0.05) is 50.6 Å². The molecule has 0 fully saturated rings. The zero-order valence-electron chi connectivity index (χ0n) is 17.7. The van der Waals surface area contributed by atoms with Gasteiger partial charge in [0, 0.05) is 24.9 Å². The molecule has 0 saturated heterocycles. The van der Waals surface area contributed by atoms with Gasteiger partial charge in [0.1, 0.15) is 5.15 Å². The van der Waals surface area contributed by atoms with E-state index in [-0.39, 0.29) is 21.8 Å². The maximum atomic E-state index is 10.8. The number of hydrogen-bond donors (Lipinski definition) is 1. The molecule has 0 aliphatic heterocycles. The van der Waals surface area contributed by atoms with Gasteiger partial charge in [0.2, 0.25) is 0 Å². The fourth-order valence-corrected chi connectivity index (χ4v) is 3.98. The summed E-state index contributed by atoms with van der Waals surface area (Å²) in [4.78, 5) is 14.6. The number of nitro benzene ring substituents is 1. The highest BCUT2D eigenvalue weighted by Gasteiger charge is 2.39. The zero-order valence-corrected chi connectivity index (χ0v) is 19.5. The first-order chi connectivity index (χ1) is 13.5. The summed E-state index contributed by atoms with van der Waals surface area (Å²) in [5.41, 5.74) is 2.17. The van der Waals surface area contributed by atoms with Crippen molar-refractivity contribution in [2.45, 2.75) is 51.4 Å². The lowest BCUT2D eigenvalue weighted by atomic mass is 10.1. The molecule has 0 spiro atoms. The molecular formula is C21H30ClN3O3Si. The number of nitrogens with zero attached hydrogens (tertiary/aromatic N) is 2. The average Bonchev–Trinajstić information content (AvgIpc) is 2.64. The molecule has 2 rings (SSSR count). The van der Waals surface area contributed by atoms with Crippen LogP contribution < -0.4 is 5.32 Å². The van der Waals surface area contributed by atoms with Gasteiger partial charge in [-0.05, 0) is 48.3 Å². The van der Waals surface area contributed by atoms with E-state index in [1.54, 1.807) is 24.4 Å². The number of benzene rings is 1. The molecular weight excluding hydrogens is 406 g/mol. The Morgan fingerprint density at radius 2 is 1.86 bits per heavy atom. The Balaban J connectivity index is 2.00. The summed E-state index contributed by atoms with van der Waals surface area (Å²) in [5.74, 6) is 0. The van der Waals surface area contributed by atoms with Crippen molar-refractivity contribution in [3.63, 3.8) is 0 Å². The van der Waals surface area contributed by atoms with Crippen LogP contribution in [0.4, 0.5) is 5.69 Å². The molecule has 29 heavy (non-hydrogen) atoms. The van der Waals surface area contributed by atoms with Crippen LogP contribution in [0.3, 0.4) is 0 Å². The molecule has 0 radical (unpaired) electrons. The summed E-state index contributed by atoms with van der Waals surface area (Å²) in [7, 11) is -1.97. The maximum Gasteiger partial charge on any atom is 0.269 e. The fourth-order valence-electron chi connectivity index (χ4n) is 2.59. The quantitative estimate of drug-likeness (QED) is 0.184. The van der Waals surface area contributed by atoms with E-state index in [2.05, 4.69) is 44.2 Å². The number of nitro groups is 1. The van der Waals surface area contributed by atoms with E-state index in [1.165, 1.54) is 12.1 Å². The monoisotopic (exact) mass is 435 g/mol. The highest BCUT2D eigenvalue weighted by molar-refractivity contribution is 6.74. The Morgan fingerprint density at radius 3 is 2.38 bits per heavy atom. The molecule has 1 aromatic carbocycles. The van der Waals surface area contributed by atoms with Gasteiger partial charge in [-0.25, -0.2) is 4.98 Å². The summed E-state index contributed by atoms with van der Waals surface area (Å²) >= 11 is 5.95. The molecule has 2 aromatic rings. The molecule has 0 aliphatic carbocycles. The van der Waals surface area contributed by atoms with Crippen LogP contribution in [0, 0.1) is 10.1 Å². The van der Waals surface area contributed by atoms with Gasteiger partial charge >= 0.3 is 0 Å². The molecule has 0 saturated carbocycles. The van der Waals surface area contributed by atoms with Crippen molar-refractivity contribution >= 4 is 25.6 Å². The first-order valence-electron chi connectivity index (χ1n) is 9.73. The predicted octanol–water partition coefficient (Wildman–Crippen LogP) is 5.54. The molecule has 1 atom stereocenters. The minimum Gasteiger partial charge on any atom is -0.409 e.